The van der Waals surface area contributed by atoms with E-state index >= 15 is 0 Å². The molecule has 0 saturated carbocycles. The van der Waals surface area contributed by atoms with Gasteiger partial charge >= 0.3 is 0 Å². The molecule has 0 aliphatic carbocycles. The number of carbonyl (C=O) groups excluding carboxylic acids is 1. The van der Waals surface area contributed by atoms with Gasteiger partial charge in [-0.3, -0.25) is 4.79 Å². The first-order valence-corrected chi connectivity index (χ1v) is 6.52. The van der Waals surface area contributed by atoms with Gasteiger partial charge < -0.3 is 10.1 Å². The molecule has 0 fully saturated rings. The molecule has 2 aromatic rings. The molecule has 1 N–H and O–H groups in total. The highest BCUT2D eigenvalue weighted by Crippen LogP contribution is 2.24. The van der Waals surface area contributed by atoms with Gasteiger partial charge in [-0.15, -0.1) is 0 Å². The molecular formula is C15H12ClF2NO2. The number of nitrogens with one attached hydrogen (secondary N) is 1. The summed E-state index contributed by atoms with van der Waals surface area (Å²) in [6.45, 7) is 1.48. The second-order valence-electron chi connectivity index (χ2n) is 4.30. The molecule has 0 aliphatic heterocycles. The number of halogens is 3. The van der Waals surface area contributed by atoms with Gasteiger partial charge in [0.2, 0.25) is 0 Å². The summed E-state index contributed by atoms with van der Waals surface area (Å²) in [5.74, 6) is -1.65. The van der Waals surface area contributed by atoms with Crippen LogP contribution in [-0.2, 0) is 4.79 Å². The van der Waals surface area contributed by atoms with Crippen molar-refractivity contribution in [3.8, 4) is 5.75 Å². The molecule has 0 heterocycles. The Labute approximate surface area is 125 Å². The summed E-state index contributed by atoms with van der Waals surface area (Å²) in [5, 5.41) is 2.62. The smallest absolute Gasteiger partial charge is 0.265 e. The van der Waals surface area contributed by atoms with Gasteiger partial charge in [-0.1, -0.05) is 23.7 Å². The second kappa shape index (κ2) is 6.54. The maximum absolute atomic E-state index is 13.4. The average Bonchev–Trinajstić information content (AvgIpc) is 2.45. The van der Waals surface area contributed by atoms with Crippen molar-refractivity contribution in [1.29, 1.82) is 0 Å². The quantitative estimate of drug-likeness (QED) is 0.926. The van der Waals surface area contributed by atoms with Crippen LogP contribution in [0.3, 0.4) is 0 Å². The highest BCUT2D eigenvalue weighted by molar-refractivity contribution is 6.32. The molecule has 2 aromatic carbocycles. The molecule has 110 valence electrons. The number of hydrogen-bond acceptors (Lipinski definition) is 2. The lowest BCUT2D eigenvalue weighted by Crippen LogP contribution is -2.30. The Morgan fingerprint density at radius 2 is 1.95 bits per heavy atom. The summed E-state index contributed by atoms with van der Waals surface area (Å²) >= 11 is 5.91. The van der Waals surface area contributed by atoms with E-state index in [0.717, 1.165) is 18.2 Å². The second-order valence-corrected chi connectivity index (χ2v) is 4.71. The molecule has 0 spiro atoms. The van der Waals surface area contributed by atoms with Crippen molar-refractivity contribution in [1.82, 2.24) is 0 Å². The molecule has 3 nitrogen and oxygen atoms in total. The molecule has 0 bridgehead atoms. The van der Waals surface area contributed by atoms with Crippen LogP contribution < -0.4 is 10.1 Å². The first kappa shape index (κ1) is 15.3. The van der Waals surface area contributed by atoms with Gasteiger partial charge in [0.1, 0.15) is 17.4 Å². The summed E-state index contributed by atoms with van der Waals surface area (Å²) in [4.78, 5) is 11.9. The van der Waals surface area contributed by atoms with Crippen LogP contribution in [0.1, 0.15) is 6.92 Å². The number of hydrogen-bond donors (Lipinski definition) is 1. The highest BCUT2D eigenvalue weighted by atomic mass is 35.5. The first-order chi connectivity index (χ1) is 9.97. The van der Waals surface area contributed by atoms with Gasteiger partial charge in [-0.05, 0) is 31.2 Å². The van der Waals surface area contributed by atoms with E-state index in [0.29, 0.717) is 10.8 Å². The number of carbonyl (C=O) groups is 1. The van der Waals surface area contributed by atoms with Crippen LogP contribution in [0.5, 0.6) is 5.75 Å². The number of para-hydroxylation sites is 1. The molecule has 6 heteroatoms. The maximum atomic E-state index is 13.4. The molecule has 0 aromatic heterocycles. The topological polar surface area (TPSA) is 38.3 Å². The van der Waals surface area contributed by atoms with Crippen LogP contribution in [0.15, 0.2) is 42.5 Å². The zero-order valence-electron chi connectivity index (χ0n) is 11.1. The van der Waals surface area contributed by atoms with Crippen LogP contribution in [0.25, 0.3) is 0 Å². The fourth-order valence-electron chi connectivity index (χ4n) is 1.61. The van der Waals surface area contributed by atoms with Crippen LogP contribution in [0.4, 0.5) is 14.5 Å². The fraction of sp³-hybridized carbons (Fsp3) is 0.133. The lowest BCUT2D eigenvalue weighted by molar-refractivity contribution is -0.122. The maximum Gasteiger partial charge on any atom is 0.265 e. The largest absolute Gasteiger partial charge is 0.479 e. The Hall–Kier alpha value is -2.14. The molecule has 0 saturated heterocycles. The number of anilines is 1. The van der Waals surface area contributed by atoms with Gasteiger partial charge in [0.15, 0.2) is 6.10 Å². The lowest BCUT2D eigenvalue weighted by atomic mass is 10.2. The van der Waals surface area contributed by atoms with Gasteiger partial charge in [-0.25, -0.2) is 8.78 Å². The van der Waals surface area contributed by atoms with Gasteiger partial charge in [0, 0.05) is 6.07 Å². The highest BCUT2D eigenvalue weighted by Gasteiger charge is 2.17. The molecule has 1 unspecified atom stereocenters. The number of amides is 1. The minimum Gasteiger partial charge on any atom is -0.479 e. The van der Waals surface area contributed by atoms with Crippen LogP contribution in [0.2, 0.25) is 5.02 Å². The Balaban J connectivity index is 2.06. The molecular weight excluding hydrogens is 300 g/mol. The third-order valence-electron chi connectivity index (χ3n) is 2.70. The Morgan fingerprint density at radius 3 is 2.67 bits per heavy atom. The average molecular weight is 312 g/mol. The zero-order valence-corrected chi connectivity index (χ0v) is 11.8. The monoisotopic (exact) mass is 311 g/mol. The summed E-state index contributed by atoms with van der Waals surface area (Å²) in [7, 11) is 0. The van der Waals surface area contributed by atoms with E-state index in [1.807, 2.05) is 0 Å². The standard InChI is InChI=1S/C15H12ClF2NO2/c1-9(21-14-5-3-2-4-11(14)16)15(20)19-13-8-10(17)6-7-12(13)18/h2-9H,1H3,(H,19,20). The van der Waals surface area contributed by atoms with E-state index in [9.17, 15) is 13.6 Å². The van der Waals surface area contributed by atoms with E-state index in [1.54, 1.807) is 24.3 Å². The van der Waals surface area contributed by atoms with Crippen molar-refractivity contribution < 1.29 is 18.3 Å². The normalized spacial score (nSPS) is 11.8. The summed E-state index contributed by atoms with van der Waals surface area (Å²) < 4.78 is 31.9. The van der Waals surface area contributed by atoms with E-state index in [-0.39, 0.29) is 5.69 Å². The van der Waals surface area contributed by atoms with Crippen molar-refractivity contribution in [3.05, 3.63) is 59.1 Å². The molecule has 1 atom stereocenters. The van der Waals surface area contributed by atoms with Gasteiger partial charge in [0.05, 0.1) is 10.7 Å². The third kappa shape index (κ3) is 3.92. The van der Waals surface area contributed by atoms with Crippen LogP contribution in [-0.4, -0.2) is 12.0 Å². The molecule has 0 aliphatic rings. The minimum atomic E-state index is -0.924. The van der Waals surface area contributed by atoms with Crippen molar-refractivity contribution in [3.63, 3.8) is 0 Å². The zero-order chi connectivity index (χ0) is 15.4. The Morgan fingerprint density at radius 1 is 1.24 bits per heavy atom. The van der Waals surface area contributed by atoms with Crippen molar-refractivity contribution >= 4 is 23.2 Å². The minimum absolute atomic E-state index is 0.241. The van der Waals surface area contributed by atoms with E-state index in [4.69, 9.17) is 16.3 Å². The van der Waals surface area contributed by atoms with Crippen LogP contribution in [0, 0.1) is 11.6 Å². The third-order valence-corrected chi connectivity index (χ3v) is 3.01. The van der Waals surface area contributed by atoms with Crippen molar-refractivity contribution in [2.24, 2.45) is 0 Å². The number of rotatable bonds is 4. The number of ether oxygens (including phenoxy) is 1. The van der Waals surface area contributed by atoms with E-state index < -0.39 is 23.6 Å². The van der Waals surface area contributed by atoms with Gasteiger partial charge in [-0.2, -0.15) is 0 Å². The predicted molar refractivity (Wildman–Crippen MR) is 76.5 cm³/mol. The molecule has 0 radical (unpaired) electrons. The van der Waals surface area contributed by atoms with Crippen molar-refractivity contribution in [2.45, 2.75) is 13.0 Å². The Kier molecular flexibility index (Phi) is 4.75. The lowest BCUT2D eigenvalue weighted by Gasteiger charge is -2.15. The number of benzene rings is 2. The summed E-state index contributed by atoms with van der Waals surface area (Å²) in [6.07, 6.45) is -0.924. The summed E-state index contributed by atoms with van der Waals surface area (Å²) in [5.41, 5.74) is -0.241. The fourth-order valence-corrected chi connectivity index (χ4v) is 1.79. The van der Waals surface area contributed by atoms with Crippen molar-refractivity contribution in [2.75, 3.05) is 5.32 Å². The molecule has 1 amide bonds. The molecule has 21 heavy (non-hydrogen) atoms. The first-order valence-electron chi connectivity index (χ1n) is 6.14. The van der Waals surface area contributed by atoms with Crippen LogP contribution >= 0.6 is 11.6 Å². The van der Waals surface area contributed by atoms with Gasteiger partial charge in [0.25, 0.3) is 5.91 Å². The Bertz CT molecular complexity index is 664. The van der Waals surface area contributed by atoms with E-state index in [2.05, 4.69) is 5.32 Å². The summed E-state index contributed by atoms with van der Waals surface area (Å²) in [6, 6.07) is 9.46. The SMILES string of the molecule is CC(Oc1ccccc1Cl)C(=O)Nc1cc(F)ccc1F. The predicted octanol–water partition coefficient (Wildman–Crippen LogP) is 4.02. The van der Waals surface area contributed by atoms with E-state index in [1.165, 1.54) is 6.92 Å². The molecule has 2 rings (SSSR count).